The Balaban J connectivity index is 0.000000173. The molecular weight excluding hydrogens is 382 g/mol. The average Bonchev–Trinajstić information content (AvgIpc) is 3.32. The van der Waals surface area contributed by atoms with Gasteiger partial charge in [0.15, 0.2) is 0 Å². The molecule has 2 atom stereocenters. The van der Waals surface area contributed by atoms with Crippen LogP contribution < -0.4 is 21.2 Å². The SMILES string of the molecule is [Fe].c1ccc(P[c-]2[cH-][cH-][cH-][cH-]2)cc1.c1ccc(P[c-]2cccc2)cc1. The van der Waals surface area contributed by atoms with Gasteiger partial charge in [0.2, 0.25) is 0 Å². The Kier molecular flexibility index (Phi) is 8.88. The van der Waals surface area contributed by atoms with Crippen molar-refractivity contribution in [3.8, 4) is 0 Å². The maximum Gasteiger partial charge on any atom is 0 e. The van der Waals surface area contributed by atoms with E-state index in [1.807, 2.05) is 0 Å². The Labute approximate surface area is 164 Å². The van der Waals surface area contributed by atoms with Crippen LogP contribution in [0.15, 0.2) is 109 Å². The van der Waals surface area contributed by atoms with Crippen molar-refractivity contribution in [2.75, 3.05) is 0 Å². The summed E-state index contributed by atoms with van der Waals surface area (Å²) in [5, 5.41) is 5.65. The first-order valence-corrected chi connectivity index (χ1v) is 9.98. The molecule has 25 heavy (non-hydrogen) atoms. The fourth-order valence-corrected chi connectivity index (χ4v) is 4.39. The van der Waals surface area contributed by atoms with Crippen LogP contribution in [-0.2, 0) is 17.1 Å². The van der Waals surface area contributed by atoms with Gasteiger partial charge in [-0.2, -0.15) is 12.1 Å². The van der Waals surface area contributed by atoms with Crippen LogP contribution in [-0.4, -0.2) is 0 Å². The Morgan fingerprint density at radius 3 is 1.60 bits per heavy atom. The molecule has 4 rings (SSSR count). The van der Waals surface area contributed by atoms with E-state index < -0.39 is 0 Å². The summed E-state index contributed by atoms with van der Waals surface area (Å²) >= 11 is 0. The minimum Gasteiger partial charge on any atom is -0.747 e. The van der Waals surface area contributed by atoms with Gasteiger partial charge < -0.3 is 29.6 Å². The van der Waals surface area contributed by atoms with Crippen molar-refractivity contribution >= 4 is 38.4 Å². The zero-order valence-electron chi connectivity index (χ0n) is 13.7. The molecule has 0 fully saturated rings. The first-order chi connectivity index (χ1) is 11.9. The van der Waals surface area contributed by atoms with Crippen molar-refractivity contribution in [2.45, 2.75) is 0 Å². The number of hydrogen-bond acceptors (Lipinski definition) is 0. The van der Waals surface area contributed by atoms with E-state index in [1.165, 1.54) is 21.2 Å². The Morgan fingerprint density at radius 1 is 0.600 bits per heavy atom. The molecule has 0 bridgehead atoms. The summed E-state index contributed by atoms with van der Waals surface area (Å²) in [7, 11) is 1.60. The van der Waals surface area contributed by atoms with Crippen molar-refractivity contribution in [3.63, 3.8) is 0 Å². The van der Waals surface area contributed by atoms with E-state index in [0.29, 0.717) is 0 Å². The van der Waals surface area contributed by atoms with Crippen LogP contribution >= 0.6 is 17.2 Å². The van der Waals surface area contributed by atoms with Crippen molar-refractivity contribution in [1.29, 1.82) is 0 Å². The maximum absolute atomic E-state index is 2.17. The largest absolute Gasteiger partial charge is 0.747 e. The van der Waals surface area contributed by atoms with E-state index in [0.717, 1.165) is 17.2 Å². The molecule has 0 amide bonds. The molecule has 0 aliphatic rings. The van der Waals surface area contributed by atoms with E-state index in [4.69, 9.17) is 0 Å². The molecule has 0 aliphatic heterocycles. The predicted octanol–water partition coefficient (Wildman–Crippen LogP) is 4.07. The number of hydrogen-bond donors (Lipinski definition) is 0. The Morgan fingerprint density at radius 2 is 1.08 bits per heavy atom. The summed E-state index contributed by atoms with van der Waals surface area (Å²) in [5.74, 6) is 0. The zero-order chi connectivity index (χ0) is 16.5. The summed E-state index contributed by atoms with van der Waals surface area (Å²) in [6, 6.07) is 38.2. The minimum absolute atomic E-state index is 0. The van der Waals surface area contributed by atoms with Crippen LogP contribution in [0.4, 0.5) is 0 Å². The molecule has 0 nitrogen and oxygen atoms in total. The topological polar surface area (TPSA) is 0 Å². The predicted molar refractivity (Wildman–Crippen MR) is 112 cm³/mol. The van der Waals surface area contributed by atoms with Crippen molar-refractivity contribution < 1.29 is 17.1 Å². The van der Waals surface area contributed by atoms with Gasteiger partial charge in [-0.05, 0) is 5.30 Å². The van der Waals surface area contributed by atoms with Gasteiger partial charge in [0.05, 0.1) is 0 Å². The second-order valence-electron chi connectivity index (χ2n) is 5.33. The number of benzene rings is 2. The summed E-state index contributed by atoms with van der Waals surface area (Å²) < 4.78 is 0. The Bertz CT molecular complexity index is 720. The van der Waals surface area contributed by atoms with Gasteiger partial charge in [0.25, 0.3) is 0 Å². The van der Waals surface area contributed by atoms with Crippen LogP contribution in [0.3, 0.4) is 0 Å². The number of rotatable bonds is 4. The summed E-state index contributed by atoms with van der Waals surface area (Å²) in [5.41, 5.74) is 0. The van der Waals surface area contributed by atoms with Crippen LogP contribution in [0.25, 0.3) is 0 Å². The molecule has 2 unspecified atom stereocenters. The van der Waals surface area contributed by atoms with E-state index in [1.54, 1.807) is 0 Å². The average molecular weight is 402 g/mol. The van der Waals surface area contributed by atoms with E-state index in [-0.39, 0.29) is 17.1 Å². The minimum atomic E-state index is 0. The molecule has 0 saturated carbocycles. The fourth-order valence-electron chi connectivity index (χ4n) is 2.29. The summed E-state index contributed by atoms with van der Waals surface area (Å²) in [6.07, 6.45) is 0. The Hall–Kier alpha value is -1.48. The van der Waals surface area contributed by atoms with Gasteiger partial charge in [-0.15, -0.1) is 13.9 Å². The van der Waals surface area contributed by atoms with Crippen LogP contribution in [0, 0.1) is 0 Å². The van der Waals surface area contributed by atoms with Gasteiger partial charge in [0.1, 0.15) is 0 Å². The normalized spacial score (nSPS) is 10.6. The van der Waals surface area contributed by atoms with Crippen LogP contribution in [0.2, 0.25) is 0 Å². The molecule has 0 spiro atoms. The van der Waals surface area contributed by atoms with Crippen LogP contribution in [0.1, 0.15) is 0 Å². The quantitative estimate of drug-likeness (QED) is 0.274. The molecule has 0 heterocycles. The third-order valence-electron chi connectivity index (χ3n) is 3.45. The summed E-state index contributed by atoms with van der Waals surface area (Å²) in [4.78, 5) is 0. The van der Waals surface area contributed by atoms with E-state index in [2.05, 4.69) is 109 Å². The fraction of sp³-hybridized carbons (Fsp3) is 0. The van der Waals surface area contributed by atoms with Crippen LogP contribution in [0.5, 0.6) is 0 Å². The molecule has 0 aliphatic carbocycles. The summed E-state index contributed by atoms with van der Waals surface area (Å²) in [6.45, 7) is 0. The molecular formula is C22H20FeP2-6. The second-order valence-corrected chi connectivity index (χ2v) is 8.14. The first-order valence-electron chi connectivity index (χ1n) is 7.98. The van der Waals surface area contributed by atoms with Gasteiger partial charge >= 0.3 is 0 Å². The molecule has 0 radical (unpaired) electrons. The van der Waals surface area contributed by atoms with Gasteiger partial charge in [-0.1, -0.05) is 66.0 Å². The molecule has 132 valence electrons. The maximum atomic E-state index is 2.17. The molecule has 0 aromatic heterocycles. The second kappa shape index (κ2) is 11.2. The first kappa shape index (κ1) is 19.8. The molecule has 4 aromatic carbocycles. The third kappa shape index (κ3) is 7.11. The van der Waals surface area contributed by atoms with Gasteiger partial charge in [-0.25, -0.2) is 12.1 Å². The van der Waals surface area contributed by atoms with E-state index >= 15 is 0 Å². The van der Waals surface area contributed by atoms with E-state index in [9.17, 15) is 0 Å². The third-order valence-corrected chi connectivity index (χ3v) is 5.94. The molecule has 4 aromatic rings. The molecule has 0 saturated heterocycles. The molecule has 3 heteroatoms. The smallest absolute Gasteiger partial charge is 0 e. The molecule has 0 N–H and O–H groups in total. The van der Waals surface area contributed by atoms with Crippen molar-refractivity contribution in [2.24, 2.45) is 0 Å². The van der Waals surface area contributed by atoms with Crippen molar-refractivity contribution in [3.05, 3.63) is 109 Å². The van der Waals surface area contributed by atoms with Gasteiger partial charge in [-0.3, -0.25) is 8.58 Å². The zero-order valence-corrected chi connectivity index (χ0v) is 16.9. The van der Waals surface area contributed by atoms with Gasteiger partial charge in [0, 0.05) is 17.1 Å². The standard InChI is InChI=1S/2C11H10P.Fe/c2*1-2-6-10(7-3-1)12-11-8-4-5-9-11;/h2*1-9,12H;/q-5;-1;. The monoisotopic (exact) mass is 402 g/mol. The van der Waals surface area contributed by atoms with Crippen molar-refractivity contribution in [1.82, 2.24) is 0 Å².